The minimum atomic E-state index is -0.593. The van der Waals surface area contributed by atoms with Crippen molar-refractivity contribution < 1.29 is 14.3 Å². The Hall–Kier alpha value is -2.82. The lowest BCUT2D eigenvalue weighted by Crippen LogP contribution is -2.49. The SMILES string of the molecule is Cc1ccc(OCC(=O)N(Cc2ccccc2)[C@H](C)C(=O)NCC(C)C)cc1C. The molecule has 0 unspecified atom stereocenters. The summed E-state index contributed by atoms with van der Waals surface area (Å²) in [6.45, 7) is 10.7. The second-order valence-electron chi connectivity index (χ2n) is 7.86. The molecule has 2 amide bonds. The van der Waals surface area contributed by atoms with Gasteiger partial charge < -0.3 is 15.0 Å². The average molecular weight is 397 g/mol. The molecular formula is C24H32N2O3. The molecule has 2 aromatic carbocycles. The highest BCUT2D eigenvalue weighted by Gasteiger charge is 2.26. The third kappa shape index (κ3) is 6.93. The van der Waals surface area contributed by atoms with Crippen molar-refractivity contribution in [2.24, 2.45) is 5.92 Å². The molecule has 0 bridgehead atoms. The van der Waals surface area contributed by atoms with E-state index in [0.717, 1.165) is 11.1 Å². The van der Waals surface area contributed by atoms with Gasteiger partial charge in [0.2, 0.25) is 5.91 Å². The molecule has 0 fully saturated rings. The number of carbonyl (C=O) groups excluding carboxylic acids is 2. The van der Waals surface area contributed by atoms with Crippen LogP contribution >= 0.6 is 0 Å². The number of nitrogens with one attached hydrogen (secondary N) is 1. The zero-order chi connectivity index (χ0) is 21.4. The Balaban J connectivity index is 2.10. The number of nitrogens with zero attached hydrogens (tertiary/aromatic N) is 1. The number of amides is 2. The normalized spacial score (nSPS) is 11.8. The highest BCUT2D eigenvalue weighted by molar-refractivity contribution is 5.87. The van der Waals surface area contributed by atoms with Crippen LogP contribution in [0.5, 0.6) is 5.75 Å². The number of benzene rings is 2. The maximum Gasteiger partial charge on any atom is 0.261 e. The largest absolute Gasteiger partial charge is 0.484 e. The van der Waals surface area contributed by atoms with E-state index >= 15 is 0 Å². The van der Waals surface area contributed by atoms with Crippen LogP contribution in [0.15, 0.2) is 48.5 Å². The number of ether oxygens (including phenoxy) is 1. The standard InChI is InChI=1S/C24H32N2O3/c1-17(2)14-25-24(28)20(5)26(15-21-9-7-6-8-10-21)23(27)16-29-22-12-11-18(3)19(4)13-22/h6-13,17,20H,14-16H2,1-5H3,(H,25,28)/t20-/m1/s1. The third-order valence-electron chi connectivity index (χ3n) is 4.89. The topological polar surface area (TPSA) is 58.6 Å². The Labute approximate surface area is 174 Å². The molecule has 156 valence electrons. The highest BCUT2D eigenvalue weighted by Crippen LogP contribution is 2.17. The van der Waals surface area contributed by atoms with E-state index < -0.39 is 6.04 Å². The summed E-state index contributed by atoms with van der Waals surface area (Å²) in [5.41, 5.74) is 3.25. The third-order valence-corrected chi connectivity index (χ3v) is 4.89. The van der Waals surface area contributed by atoms with Crippen molar-refractivity contribution in [1.29, 1.82) is 0 Å². The van der Waals surface area contributed by atoms with E-state index in [2.05, 4.69) is 5.32 Å². The number of hydrogen-bond acceptors (Lipinski definition) is 3. The number of hydrogen-bond donors (Lipinski definition) is 1. The number of rotatable bonds is 9. The van der Waals surface area contributed by atoms with Crippen molar-refractivity contribution in [2.75, 3.05) is 13.2 Å². The van der Waals surface area contributed by atoms with Crippen molar-refractivity contribution in [2.45, 2.75) is 47.2 Å². The molecule has 0 aliphatic carbocycles. The van der Waals surface area contributed by atoms with Gasteiger partial charge in [0, 0.05) is 13.1 Å². The van der Waals surface area contributed by atoms with Crippen molar-refractivity contribution >= 4 is 11.8 Å². The van der Waals surface area contributed by atoms with Gasteiger partial charge in [0.25, 0.3) is 5.91 Å². The summed E-state index contributed by atoms with van der Waals surface area (Å²) in [6.07, 6.45) is 0. The van der Waals surface area contributed by atoms with Gasteiger partial charge in [0.05, 0.1) is 0 Å². The first kappa shape index (κ1) is 22.5. The lowest BCUT2D eigenvalue weighted by Gasteiger charge is -2.29. The Morgan fingerprint density at radius 3 is 2.31 bits per heavy atom. The predicted molar refractivity (Wildman–Crippen MR) is 116 cm³/mol. The molecule has 0 heterocycles. The van der Waals surface area contributed by atoms with Gasteiger partial charge in [-0.05, 0) is 55.5 Å². The monoisotopic (exact) mass is 396 g/mol. The molecule has 1 atom stereocenters. The van der Waals surface area contributed by atoms with Gasteiger partial charge in [-0.25, -0.2) is 0 Å². The van der Waals surface area contributed by atoms with Crippen LogP contribution in [0.2, 0.25) is 0 Å². The fourth-order valence-corrected chi connectivity index (χ4v) is 2.85. The van der Waals surface area contributed by atoms with Crippen LogP contribution in [-0.2, 0) is 16.1 Å². The maximum absolute atomic E-state index is 13.0. The molecule has 5 heteroatoms. The number of aryl methyl sites for hydroxylation is 2. The van der Waals surface area contributed by atoms with E-state index in [-0.39, 0.29) is 18.4 Å². The minimum Gasteiger partial charge on any atom is -0.484 e. The average Bonchev–Trinajstić information content (AvgIpc) is 2.71. The Kier molecular flexibility index (Phi) is 8.25. The van der Waals surface area contributed by atoms with Crippen molar-refractivity contribution in [3.05, 3.63) is 65.2 Å². The van der Waals surface area contributed by atoms with Crippen molar-refractivity contribution in [3.63, 3.8) is 0 Å². The summed E-state index contributed by atoms with van der Waals surface area (Å²) < 4.78 is 5.73. The Bertz CT molecular complexity index is 818. The summed E-state index contributed by atoms with van der Waals surface area (Å²) >= 11 is 0. The van der Waals surface area contributed by atoms with Crippen LogP contribution in [0.1, 0.15) is 37.5 Å². The molecule has 0 saturated heterocycles. The second kappa shape index (κ2) is 10.6. The van der Waals surface area contributed by atoms with E-state index in [1.807, 2.05) is 76.2 Å². The molecule has 0 spiro atoms. The van der Waals surface area contributed by atoms with Gasteiger partial charge in [-0.2, -0.15) is 0 Å². The van der Waals surface area contributed by atoms with Gasteiger partial charge in [0.15, 0.2) is 6.61 Å². The van der Waals surface area contributed by atoms with Crippen molar-refractivity contribution in [3.8, 4) is 5.75 Å². The van der Waals surface area contributed by atoms with E-state index in [1.165, 1.54) is 5.56 Å². The lowest BCUT2D eigenvalue weighted by molar-refractivity contribution is -0.142. The first-order valence-corrected chi connectivity index (χ1v) is 10.1. The molecule has 0 aromatic heterocycles. The van der Waals surface area contributed by atoms with Gasteiger partial charge in [-0.1, -0.05) is 50.2 Å². The fourth-order valence-electron chi connectivity index (χ4n) is 2.85. The van der Waals surface area contributed by atoms with Crippen LogP contribution in [0.25, 0.3) is 0 Å². The lowest BCUT2D eigenvalue weighted by atomic mass is 10.1. The highest BCUT2D eigenvalue weighted by atomic mass is 16.5. The Morgan fingerprint density at radius 2 is 1.69 bits per heavy atom. The maximum atomic E-state index is 13.0. The van der Waals surface area contributed by atoms with Crippen LogP contribution in [-0.4, -0.2) is 35.9 Å². The van der Waals surface area contributed by atoms with Crippen molar-refractivity contribution in [1.82, 2.24) is 10.2 Å². The first-order chi connectivity index (χ1) is 13.8. The van der Waals surface area contributed by atoms with E-state index in [9.17, 15) is 9.59 Å². The zero-order valence-electron chi connectivity index (χ0n) is 18.1. The molecular weight excluding hydrogens is 364 g/mol. The molecule has 0 aliphatic rings. The summed E-state index contributed by atoms with van der Waals surface area (Å²) in [6, 6.07) is 14.8. The van der Waals surface area contributed by atoms with E-state index in [4.69, 9.17) is 4.74 Å². The minimum absolute atomic E-state index is 0.114. The summed E-state index contributed by atoms with van der Waals surface area (Å²) in [5.74, 6) is 0.615. The second-order valence-corrected chi connectivity index (χ2v) is 7.86. The molecule has 5 nitrogen and oxygen atoms in total. The van der Waals surface area contributed by atoms with Gasteiger partial charge in [-0.15, -0.1) is 0 Å². The Morgan fingerprint density at radius 1 is 1.00 bits per heavy atom. The van der Waals surface area contributed by atoms with Gasteiger partial charge in [0.1, 0.15) is 11.8 Å². The molecule has 0 saturated carbocycles. The summed E-state index contributed by atoms with van der Waals surface area (Å²) in [4.78, 5) is 27.1. The number of carbonyl (C=O) groups is 2. The predicted octanol–water partition coefficient (Wildman–Crippen LogP) is 3.87. The molecule has 29 heavy (non-hydrogen) atoms. The molecule has 2 aromatic rings. The molecule has 1 N–H and O–H groups in total. The van der Waals surface area contributed by atoms with Crippen LogP contribution < -0.4 is 10.1 Å². The van der Waals surface area contributed by atoms with E-state index in [1.54, 1.807) is 11.8 Å². The molecule has 2 rings (SSSR count). The fraction of sp³-hybridized carbons (Fsp3) is 0.417. The smallest absolute Gasteiger partial charge is 0.261 e. The first-order valence-electron chi connectivity index (χ1n) is 10.1. The van der Waals surface area contributed by atoms with Crippen LogP contribution in [0.3, 0.4) is 0 Å². The van der Waals surface area contributed by atoms with Gasteiger partial charge >= 0.3 is 0 Å². The summed E-state index contributed by atoms with van der Waals surface area (Å²) in [5, 5.41) is 2.92. The van der Waals surface area contributed by atoms with Gasteiger partial charge in [-0.3, -0.25) is 9.59 Å². The van der Waals surface area contributed by atoms with Crippen LogP contribution in [0, 0.1) is 19.8 Å². The van der Waals surface area contributed by atoms with Crippen LogP contribution in [0.4, 0.5) is 0 Å². The molecule has 0 aliphatic heterocycles. The quantitative estimate of drug-likeness (QED) is 0.700. The zero-order valence-corrected chi connectivity index (χ0v) is 18.1. The molecule has 0 radical (unpaired) electrons. The van der Waals surface area contributed by atoms with E-state index in [0.29, 0.717) is 24.8 Å². The summed E-state index contributed by atoms with van der Waals surface area (Å²) in [7, 11) is 0.